The second-order valence-corrected chi connectivity index (χ2v) is 9.86. The molecule has 0 saturated carbocycles. The van der Waals surface area contributed by atoms with Crippen molar-refractivity contribution in [2.24, 2.45) is 0 Å². The summed E-state index contributed by atoms with van der Waals surface area (Å²) >= 11 is 0. The third-order valence-corrected chi connectivity index (χ3v) is 6.19. The van der Waals surface area contributed by atoms with Gasteiger partial charge in [0, 0.05) is 53.4 Å². The Balaban J connectivity index is 1.65. The number of likely N-dealkylation sites (tertiary alicyclic amines) is 1. The maximum atomic E-state index is 13.0. The summed E-state index contributed by atoms with van der Waals surface area (Å²) in [5.41, 5.74) is 15.5. The number of nitrogens with one attached hydrogen (secondary N) is 1. The Morgan fingerprint density at radius 3 is 2.37 bits per heavy atom. The number of carbonyl (C=O) groups excluding carboxylic acids is 1. The highest BCUT2D eigenvalue weighted by Crippen LogP contribution is 2.35. The van der Waals surface area contributed by atoms with Crippen molar-refractivity contribution in [3.63, 3.8) is 0 Å². The minimum atomic E-state index is -0.891. The van der Waals surface area contributed by atoms with Crippen LogP contribution in [0.5, 0.6) is 0 Å². The lowest BCUT2D eigenvalue weighted by Gasteiger charge is -2.30. The standard InChI is InChI=1S/C25H31N7O3/c1-25(2,3)21-20(14-32(30-21)18-8-10-31(11-9-18)24(34)35)15-12-19(22(27)28-13-15)23(33)29-17-6-4-16(26)5-7-17/h4-7,12-14,18H,8-11,26H2,1-3H3,(H2,27,28)(H,29,33)(H,34,35). The number of benzene rings is 1. The van der Waals surface area contributed by atoms with E-state index in [1.54, 1.807) is 36.5 Å². The number of hydrogen-bond donors (Lipinski definition) is 4. The first kappa shape index (κ1) is 24.1. The summed E-state index contributed by atoms with van der Waals surface area (Å²) in [6.45, 7) is 7.18. The molecular weight excluding hydrogens is 446 g/mol. The number of hydrogen-bond acceptors (Lipinski definition) is 6. The van der Waals surface area contributed by atoms with E-state index in [0.717, 1.165) is 16.8 Å². The number of nitrogens with two attached hydrogens (primary N) is 2. The van der Waals surface area contributed by atoms with Gasteiger partial charge in [0.05, 0.1) is 17.3 Å². The van der Waals surface area contributed by atoms with E-state index in [-0.39, 0.29) is 28.7 Å². The molecule has 10 heteroatoms. The van der Waals surface area contributed by atoms with Crippen LogP contribution in [-0.4, -0.2) is 49.9 Å². The van der Waals surface area contributed by atoms with Crippen molar-refractivity contribution in [3.8, 4) is 11.1 Å². The van der Waals surface area contributed by atoms with Crippen LogP contribution in [0.4, 0.5) is 22.0 Å². The number of carboxylic acid groups (broad SMARTS) is 1. The molecule has 1 saturated heterocycles. The lowest BCUT2D eigenvalue weighted by atomic mass is 9.87. The van der Waals surface area contributed by atoms with Gasteiger partial charge >= 0.3 is 6.09 Å². The lowest BCUT2D eigenvalue weighted by molar-refractivity contribution is 0.102. The average Bonchev–Trinajstić information content (AvgIpc) is 3.27. The first-order valence-corrected chi connectivity index (χ1v) is 11.5. The van der Waals surface area contributed by atoms with Crippen molar-refractivity contribution >= 4 is 29.2 Å². The fourth-order valence-corrected chi connectivity index (χ4v) is 4.24. The number of nitrogens with zero attached hydrogens (tertiary/aromatic N) is 4. The maximum Gasteiger partial charge on any atom is 0.407 e. The second kappa shape index (κ2) is 9.28. The van der Waals surface area contributed by atoms with Gasteiger partial charge in [-0.1, -0.05) is 20.8 Å². The molecule has 3 aromatic rings. The molecule has 1 fully saturated rings. The van der Waals surface area contributed by atoms with Gasteiger partial charge in [-0.05, 0) is 43.2 Å². The largest absolute Gasteiger partial charge is 0.465 e. The Morgan fingerprint density at radius 2 is 1.77 bits per heavy atom. The molecule has 0 radical (unpaired) electrons. The number of rotatable bonds is 4. The van der Waals surface area contributed by atoms with Crippen LogP contribution in [0.1, 0.15) is 55.7 Å². The number of pyridine rings is 1. The summed E-state index contributed by atoms with van der Waals surface area (Å²) in [6, 6.07) is 8.68. The fourth-order valence-electron chi connectivity index (χ4n) is 4.24. The van der Waals surface area contributed by atoms with E-state index in [2.05, 4.69) is 31.1 Å². The number of anilines is 3. The minimum Gasteiger partial charge on any atom is -0.465 e. The third-order valence-electron chi connectivity index (χ3n) is 6.19. The molecule has 3 heterocycles. The van der Waals surface area contributed by atoms with Crippen molar-refractivity contribution in [2.75, 3.05) is 29.9 Å². The highest BCUT2D eigenvalue weighted by atomic mass is 16.4. The molecular formula is C25H31N7O3. The van der Waals surface area contributed by atoms with Crippen molar-refractivity contribution in [1.82, 2.24) is 19.7 Å². The fraction of sp³-hybridized carbons (Fsp3) is 0.360. The van der Waals surface area contributed by atoms with Gasteiger partial charge in [-0.15, -0.1) is 0 Å². The summed E-state index contributed by atoms with van der Waals surface area (Å²) in [5.74, 6) is -0.236. The summed E-state index contributed by atoms with van der Waals surface area (Å²) < 4.78 is 1.93. The van der Waals surface area contributed by atoms with Crippen LogP contribution in [0.3, 0.4) is 0 Å². The molecule has 184 valence electrons. The molecule has 1 aliphatic heterocycles. The van der Waals surface area contributed by atoms with Gasteiger partial charge in [0.1, 0.15) is 5.82 Å². The summed E-state index contributed by atoms with van der Waals surface area (Å²) in [4.78, 5) is 30.0. The van der Waals surface area contributed by atoms with Crippen molar-refractivity contribution in [2.45, 2.75) is 45.1 Å². The molecule has 0 bridgehead atoms. The van der Waals surface area contributed by atoms with Gasteiger partial charge in [-0.2, -0.15) is 5.10 Å². The first-order chi connectivity index (χ1) is 16.5. The monoisotopic (exact) mass is 477 g/mol. The molecule has 6 N–H and O–H groups in total. The molecule has 4 rings (SSSR count). The number of nitrogen functional groups attached to an aromatic ring is 2. The summed E-state index contributed by atoms with van der Waals surface area (Å²) in [6.07, 6.45) is 4.10. The molecule has 1 aliphatic rings. The molecule has 0 aliphatic carbocycles. The predicted molar refractivity (Wildman–Crippen MR) is 135 cm³/mol. The smallest absolute Gasteiger partial charge is 0.407 e. The van der Waals surface area contributed by atoms with E-state index < -0.39 is 6.09 Å². The Kier molecular flexibility index (Phi) is 6.38. The van der Waals surface area contributed by atoms with Gasteiger partial charge in [0.15, 0.2) is 0 Å². The van der Waals surface area contributed by atoms with E-state index in [4.69, 9.17) is 16.6 Å². The van der Waals surface area contributed by atoms with Gasteiger partial charge in [-0.3, -0.25) is 9.48 Å². The molecule has 1 aromatic carbocycles. The van der Waals surface area contributed by atoms with Crippen LogP contribution in [0.25, 0.3) is 11.1 Å². The number of carbonyl (C=O) groups is 2. The Bertz CT molecular complexity index is 1240. The van der Waals surface area contributed by atoms with Crippen LogP contribution < -0.4 is 16.8 Å². The Morgan fingerprint density at radius 1 is 1.11 bits per heavy atom. The molecule has 2 aromatic heterocycles. The zero-order chi connectivity index (χ0) is 25.3. The number of piperidine rings is 1. The number of amides is 2. The molecule has 10 nitrogen and oxygen atoms in total. The van der Waals surface area contributed by atoms with Crippen LogP contribution in [0.15, 0.2) is 42.7 Å². The molecule has 35 heavy (non-hydrogen) atoms. The zero-order valence-corrected chi connectivity index (χ0v) is 20.2. The minimum absolute atomic E-state index is 0.0930. The SMILES string of the molecule is CC(C)(C)c1nn(C2CCN(C(=O)O)CC2)cc1-c1cnc(N)c(C(=O)Nc2ccc(N)cc2)c1. The highest BCUT2D eigenvalue weighted by Gasteiger charge is 2.29. The summed E-state index contributed by atoms with van der Waals surface area (Å²) in [7, 11) is 0. The highest BCUT2D eigenvalue weighted by molar-refractivity contribution is 6.08. The topological polar surface area (TPSA) is 152 Å². The maximum absolute atomic E-state index is 13.0. The number of aromatic nitrogens is 3. The van der Waals surface area contributed by atoms with Gasteiger partial charge in [-0.25, -0.2) is 9.78 Å². The average molecular weight is 478 g/mol. The molecule has 0 spiro atoms. The van der Waals surface area contributed by atoms with Crippen molar-refractivity contribution in [3.05, 3.63) is 54.0 Å². The van der Waals surface area contributed by atoms with Crippen molar-refractivity contribution < 1.29 is 14.7 Å². The van der Waals surface area contributed by atoms with E-state index in [0.29, 0.717) is 37.3 Å². The van der Waals surface area contributed by atoms with E-state index in [1.165, 1.54) is 4.90 Å². The van der Waals surface area contributed by atoms with Crippen LogP contribution in [0, 0.1) is 0 Å². The van der Waals surface area contributed by atoms with Gasteiger partial charge in [0.2, 0.25) is 0 Å². The lowest BCUT2D eigenvalue weighted by Crippen LogP contribution is -2.38. The molecule has 2 amide bonds. The van der Waals surface area contributed by atoms with Crippen LogP contribution in [-0.2, 0) is 5.41 Å². The molecule has 0 unspecified atom stereocenters. The molecule has 0 atom stereocenters. The van der Waals surface area contributed by atoms with Gasteiger partial charge in [0.25, 0.3) is 5.91 Å². The predicted octanol–water partition coefficient (Wildman–Crippen LogP) is 3.97. The Hall–Kier alpha value is -4.08. The normalized spacial score (nSPS) is 14.7. The first-order valence-electron chi connectivity index (χ1n) is 11.5. The van der Waals surface area contributed by atoms with E-state index in [1.807, 2.05) is 10.9 Å². The van der Waals surface area contributed by atoms with E-state index in [9.17, 15) is 14.7 Å². The third kappa shape index (κ3) is 5.21. The van der Waals surface area contributed by atoms with Crippen LogP contribution in [0.2, 0.25) is 0 Å². The van der Waals surface area contributed by atoms with Gasteiger partial charge < -0.3 is 26.8 Å². The van der Waals surface area contributed by atoms with Crippen LogP contribution >= 0.6 is 0 Å². The summed E-state index contributed by atoms with van der Waals surface area (Å²) in [5, 5.41) is 17.0. The van der Waals surface area contributed by atoms with Crippen molar-refractivity contribution in [1.29, 1.82) is 0 Å². The zero-order valence-electron chi connectivity index (χ0n) is 20.2. The van der Waals surface area contributed by atoms with E-state index >= 15 is 0 Å². The second-order valence-electron chi connectivity index (χ2n) is 9.86. The quantitative estimate of drug-likeness (QED) is 0.415. The Labute approximate surface area is 203 Å².